The second-order valence-electron chi connectivity index (χ2n) is 9.47. The molecule has 1 aromatic carbocycles. The van der Waals surface area contributed by atoms with Crippen molar-refractivity contribution in [3.05, 3.63) is 83.6 Å². The number of hydrogen-bond acceptors (Lipinski definition) is 13. The predicted molar refractivity (Wildman–Crippen MR) is 152 cm³/mol. The van der Waals surface area contributed by atoms with Gasteiger partial charge in [-0.05, 0) is 12.5 Å². The molecule has 3 N–H and O–H groups in total. The molecule has 1 saturated heterocycles. The SMILES string of the molecule is CC(O/N=C(/C(=O)NC1C(=O)N2C=C(C[n+]3ccc(C(=O)[O-])cc3)CS[C@H]12)c1nsc(N)n1)C(=O)OCc1ccccc1. The summed E-state index contributed by atoms with van der Waals surface area (Å²) in [6, 6.07) is 11.1. The van der Waals surface area contributed by atoms with E-state index in [2.05, 4.69) is 19.8 Å². The van der Waals surface area contributed by atoms with Gasteiger partial charge >= 0.3 is 5.97 Å². The molecule has 2 aliphatic heterocycles. The van der Waals surface area contributed by atoms with Crippen LogP contribution in [0.3, 0.4) is 0 Å². The fraction of sp³-hybridized carbons (Fsp3) is 0.259. The van der Waals surface area contributed by atoms with Gasteiger partial charge in [-0.1, -0.05) is 35.5 Å². The molecule has 5 rings (SSSR count). The number of aromatic carboxylic acids is 1. The van der Waals surface area contributed by atoms with Crippen LogP contribution in [-0.2, 0) is 37.1 Å². The summed E-state index contributed by atoms with van der Waals surface area (Å²) in [7, 11) is 0. The van der Waals surface area contributed by atoms with Gasteiger partial charge < -0.3 is 35.4 Å². The zero-order valence-corrected chi connectivity index (χ0v) is 24.2. The third kappa shape index (κ3) is 6.98. The summed E-state index contributed by atoms with van der Waals surface area (Å²) in [4.78, 5) is 60.4. The van der Waals surface area contributed by atoms with Crippen LogP contribution in [0.5, 0.6) is 0 Å². The molecule has 0 radical (unpaired) electrons. The first-order valence-corrected chi connectivity index (χ1v) is 14.7. The lowest BCUT2D eigenvalue weighted by atomic mass is 10.1. The minimum Gasteiger partial charge on any atom is -0.545 e. The Morgan fingerprint density at radius 1 is 1.23 bits per heavy atom. The molecule has 2 aromatic heterocycles. The van der Waals surface area contributed by atoms with Gasteiger partial charge in [-0.15, -0.1) is 11.8 Å². The monoisotopic (exact) mass is 623 g/mol. The van der Waals surface area contributed by atoms with E-state index in [1.165, 1.54) is 35.7 Å². The number of pyridine rings is 1. The number of ether oxygens (including phenoxy) is 1. The summed E-state index contributed by atoms with van der Waals surface area (Å²) in [6.07, 6.45) is 3.82. The van der Waals surface area contributed by atoms with E-state index in [4.69, 9.17) is 15.3 Å². The summed E-state index contributed by atoms with van der Waals surface area (Å²) in [5.74, 6) is -2.60. The van der Waals surface area contributed by atoms with Gasteiger partial charge in [-0.25, -0.2) is 9.36 Å². The molecular formula is C27H25N7O7S2. The number of rotatable bonds is 11. The van der Waals surface area contributed by atoms with Crippen LogP contribution in [0.1, 0.15) is 28.7 Å². The van der Waals surface area contributed by atoms with Crippen molar-refractivity contribution < 1.29 is 38.4 Å². The molecule has 0 saturated carbocycles. The number of oxime groups is 1. The molecule has 0 bridgehead atoms. The highest BCUT2D eigenvalue weighted by molar-refractivity contribution is 8.00. The largest absolute Gasteiger partial charge is 0.545 e. The Balaban J connectivity index is 1.21. The van der Waals surface area contributed by atoms with Gasteiger partial charge in [0, 0.05) is 46.8 Å². The number of nitrogens with two attached hydrogens (primary N) is 1. The number of carboxylic acids is 1. The van der Waals surface area contributed by atoms with E-state index in [0.29, 0.717) is 12.3 Å². The molecule has 2 aliphatic rings. The average Bonchev–Trinajstić information content (AvgIpc) is 3.44. The minimum absolute atomic E-state index is 0.0392. The third-order valence-electron chi connectivity index (χ3n) is 6.37. The lowest BCUT2D eigenvalue weighted by Gasteiger charge is -2.47. The van der Waals surface area contributed by atoms with E-state index in [9.17, 15) is 24.3 Å². The molecule has 16 heteroatoms. The summed E-state index contributed by atoms with van der Waals surface area (Å²) in [5.41, 5.74) is 7.13. The number of aromatic nitrogens is 3. The number of thioether (sulfide) groups is 1. The van der Waals surface area contributed by atoms with Gasteiger partial charge in [0.05, 0.1) is 5.97 Å². The number of β-lactam (4-membered cyclic amide) rings is 1. The van der Waals surface area contributed by atoms with Crippen LogP contribution in [0.15, 0.2) is 71.8 Å². The zero-order valence-electron chi connectivity index (χ0n) is 22.6. The Hall–Kier alpha value is -4.83. The number of nitrogens with one attached hydrogen (secondary N) is 1. The summed E-state index contributed by atoms with van der Waals surface area (Å²) >= 11 is 2.31. The Kier molecular flexibility index (Phi) is 8.96. The molecule has 3 aromatic rings. The Labute approximate surface area is 253 Å². The first-order valence-electron chi connectivity index (χ1n) is 12.9. The van der Waals surface area contributed by atoms with Crippen LogP contribution in [0.2, 0.25) is 0 Å². The molecule has 43 heavy (non-hydrogen) atoms. The number of carbonyl (C=O) groups is 4. The van der Waals surface area contributed by atoms with Crippen molar-refractivity contribution in [3.63, 3.8) is 0 Å². The molecular weight excluding hydrogens is 598 g/mol. The van der Waals surface area contributed by atoms with E-state index in [1.54, 1.807) is 35.3 Å². The number of carboxylic acid groups (broad SMARTS) is 1. The van der Waals surface area contributed by atoms with Gasteiger partial charge in [0.15, 0.2) is 24.1 Å². The van der Waals surface area contributed by atoms with Crippen molar-refractivity contribution in [1.82, 2.24) is 19.6 Å². The summed E-state index contributed by atoms with van der Waals surface area (Å²) < 4.78 is 11.1. The van der Waals surface area contributed by atoms with Crippen molar-refractivity contribution in [1.29, 1.82) is 0 Å². The molecule has 2 unspecified atom stereocenters. The van der Waals surface area contributed by atoms with Crippen LogP contribution < -0.4 is 20.7 Å². The number of fused-ring (bicyclic) bond motifs is 1. The first-order chi connectivity index (χ1) is 20.7. The van der Waals surface area contributed by atoms with Crippen molar-refractivity contribution >= 4 is 57.9 Å². The number of nitrogens with zero attached hydrogens (tertiary/aromatic N) is 5. The van der Waals surface area contributed by atoms with Gasteiger partial charge in [0.25, 0.3) is 11.8 Å². The number of esters is 1. The minimum atomic E-state index is -1.26. The Bertz CT molecular complexity index is 1590. The lowest BCUT2D eigenvalue weighted by molar-refractivity contribution is -0.689. The molecule has 222 valence electrons. The van der Waals surface area contributed by atoms with E-state index in [-0.39, 0.29) is 40.1 Å². The van der Waals surface area contributed by atoms with E-state index in [0.717, 1.165) is 22.7 Å². The van der Waals surface area contributed by atoms with E-state index in [1.807, 2.05) is 18.2 Å². The highest BCUT2D eigenvalue weighted by atomic mass is 32.2. The van der Waals surface area contributed by atoms with E-state index >= 15 is 0 Å². The van der Waals surface area contributed by atoms with Gasteiger partial charge in [0.2, 0.25) is 17.6 Å². The van der Waals surface area contributed by atoms with Crippen LogP contribution >= 0.6 is 23.3 Å². The van der Waals surface area contributed by atoms with Crippen molar-refractivity contribution in [2.24, 2.45) is 5.16 Å². The third-order valence-corrected chi connectivity index (χ3v) is 8.29. The molecule has 0 aliphatic carbocycles. The molecule has 0 spiro atoms. The highest BCUT2D eigenvalue weighted by Crippen LogP contribution is 2.36. The Morgan fingerprint density at radius 3 is 2.65 bits per heavy atom. The number of amides is 2. The molecule has 3 atom stereocenters. The first kappa shape index (κ1) is 29.7. The van der Waals surface area contributed by atoms with Gasteiger partial charge in [-0.2, -0.15) is 9.36 Å². The lowest BCUT2D eigenvalue weighted by Crippen LogP contribution is -2.69. The summed E-state index contributed by atoms with van der Waals surface area (Å²) in [5, 5.41) is 17.2. The molecule has 1 fully saturated rings. The molecule has 4 heterocycles. The molecule has 14 nitrogen and oxygen atoms in total. The fourth-order valence-corrected chi connectivity index (χ4v) is 5.81. The topological polar surface area (TPSA) is 193 Å². The van der Waals surface area contributed by atoms with Crippen molar-refractivity contribution in [2.45, 2.75) is 37.6 Å². The quantitative estimate of drug-likeness (QED) is 0.0929. The fourth-order valence-electron chi connectivity index (χ4n) is 4.12. The maximum Gasteiger partial charge on any atom is 0.350 e. The number of hydrogen-bond donors (Lipinski definition) is 2. The average molecular weight is 624 g/mol. The normalized spacial score (nSPS) is 18.5. The van der Waals surface area contributed by atoms with Crippen LogP contribution in [0.4, 0.5) is 5.13 Å². The maximum atomic E-state index is 13.3. The second kappa shape index (κ2) is 13.0. The van der Waals surface area contributed by atoms with Crippen molar-refractivity contribution in [2.75, 3.05) is 11.5 Å². The number of carbonyl (C=O) groups excluding carboxylic acids is 4. The molecule has 2 amide bonds. The zero-order chi connectivity index (χ0) is 30.5. The van der Waals surface area contributed by atoms with Crippen molar-refractivity contribution in [3.8, 4) is 0 Å². The smallest absolute Gasteiger partial charge is 0.350 e. The number of benzene rings is 1. The predicted octanol–water partition coefficient (Wildman–Crippen LogP) is -0.392. The van der Waals surface area contributed by atoms with Crippen LogP contribution in [-0.4, -0.2) is 67.0 Å². The van der Waals surface area contributed by atoms with Crippen LogP contribution in [0, 0.1) is 0 Å². The standard InChI is InChI=1S/C27H25N7O7S2/c1-15(26(39)40-13-16-5-3-2-4-6-16)41-31-19(21-30-27(28)43-32-21)22(35)29-20-23(36)34-12-17(14-42-24(20)34)11-33-9-7-18(8-10-33)25(37)38/h2-10,12,15,20,24H,11,13-14H2,1H3,(H3-,28,29,30,32,35,37,38)/b31-19+/t15?,20?,24-/m1/s1. The second-order valence-corrected chi connectivity index (χ2v) is 11.4. The highest BCUT2D eigenvalue weighted by Gasteiger charge is 2.50. The van der Waals surface area contributed by atoms with Gasteiger partial charge in [-0.3, -0.25) is 9.59 Å². The number of anilines is 1. The number of nitrogen functional groups attached to an aromatic ring is 1. The van der Waals surface area contributed by atoms with Crippen LogP contribution in [0.25, 0.3) is 0 Å². The Morgan fingerprint density at radius 2 is 1.98 bits per heavy atom. The van der Waals surface area contributed by atoms with Gasteiger partial charge in [0.1, 0.15) is 18.0 Å². The van der Waals surface area contributed by atoms with E-state index < -0.39 is 30.0 Å². The maximum absolute atomic E-state index is 13.3. The summed E-state index contributed by atoms with van der Waals surface area (Å²) in [6.45, 7) is 1.91.